The molecule has 1 aliphatic rings. The number of rotatable bonds is 8. The van der Waals surface area contributed by atoms with E-state index in [2.05, 4.69) is 17.4 Å². The lowest BCUT2D eigenvalue weighted by Gasteiger charge is -2.15. The second-order valence-corrected chi connectivity index (χ2v) is 7.81. The van der Waals surface area contributed by atoms with Crippen LogP contribution < -0.4 is 14.8 Å². The number of amides is 1. The van der Waals surface area contributed by atoms with Gasteiger partial charge >= 0.3 is 5.97 Å². The minimum absolute atomic E-state index is 0.159. The zero-order valence-corrected chi connectivity index (χ0v) is 17.6. The van der Waals surface area contributed by atoms with Crippen molar-refractivity contribution in [3.8, 4) is 11.5 Å². The number of ether oxygens (including phenoxy) is 3. The summed E-state index contributed by atoms with van der Waals surface area (Å²) in [7, 11) is 3.06. The summed E-state index contributed by atoms with van der Waals surface area (Å²) in [6, 6.07) is 11.4. The minimum atomic E-state index is -0.906. The van der Waals surface area contributed by atoms with Gasteiger partial charge in [0.2, 0.25) is 0 Å². The molecule has 154 valence electrons. The molecule has 6 nitrogen and oxygen atoms in total. The van der Waals surface area contributed by atoms with Gasteiger partial charge in [0.05, 0.1) is 20.0 Å². The summed E-state index contributed by atoms with van der Waals surface area (Å²) in [6.45, 7) is 1.55. The van der Waals surface area contributed by atoms with Crippen molar-refractivity contribution < 1.29 is 23.8 Å². The third-order valence-electron chi connectivity index (χ3n) is 4.76. The van der Waals surface area contributed by atoms with E-state index in [1.807, 2.05) is 6.07 Å². The number of carbonyl (C=O) groups excluding carboxylic acids is 2. The Balaban J connectivity index is 1.49. The summed E-state index contributed by atoms with van der Waals surface area (Å²) in [5, 5.41) is 2.72. The Morgan fingerprint density at radius 3 is 2.55 bits per heavy atom. The Labute approximate surface area is 174 Å². The molecule has 7 heteroatoms. The van der Waals surface area contributed by atoms with Crippen molar-refractivity contribution in [1.82, 2.24) is 0 Å². The number of benzene rings is 2. The van der Waals surface area contributed by atoms with E-state index in [1.165, 1.54) is 36.4 Å². The van der Waals surface area contributed by atoms with Crippen LogP contribution in [0.1, 0.15) is 24.5 Å². The van der Waals surface area contributed by atoms with Crippen LogP contribution in [0.5, 0.6) is 11.5 Å². The number of carbonyl (C=O) groups is 2. The molecular weight excluding hydrogens is 390 g/mol. The first kappa shape index (κ1) is 21.0. The Hall–Kier alpha value is -2.67. The highest BCUT2D eigenvalue weighted by Crippen LogP contribution is 2.30. The quantitative estimate of drug-likeness (QED) is 0.521. The van der Waals surface area contributed by atoms with E-state index in [9.17, 15) is 9.59 Å². The van der Waals surface area contributed by atoms with Gasteiger partial charge in [0.1, 0.15) is 0 Å². The molecule has 1 N–H and O–H groups in total. The number of hydrogen-bond donors (Lipinski definition) is 1. The lowest BCUT2D eigenvalue weighted by molar-refractivity contribution is -0.150. The number of fused-ring (bicyclic) bond motifs is 1. The van der Waals surface area contributed by atoms with Crippen LogP contribution in [-0.2, 0) is 27.2 Å². The summed E-state index contributed by atoms with van der Waals surface area (Å²) in [5.74, 6) is 0.389. The fraction of sp³-hybridized carbons (Fsp3) is 0.364. The Bertz CT molecular complexity index is 899. The second-order valence-electron chi connectivity index (χ2n) is 6.76. The van der Waals surface area contributed by atoms with E-state index in [4.69, 9.17) is 14.2 Å². The fourth-order valence-corrected chi connectivity index (χ4v) is 3.97. The van der Waals surface area contributed by atoms with Gasteiger partial charge in [-0.05, 0) is 61.6 Å². The van der Waals surface area contributed by atoms with Crippen molar-refractivity contribution in [3.63, 3.8) is 0 Å². The molecule has 0 fully saturated rings. The monoisotopic (exact) mass is 415 g/mol. The van der Waals surface area contributed by atoms with Crippen molar-refractivity contribution in [3.05, 3.63) is 47.5 Å². The fourth-order valence-electron chi connectivity index (χ4n) is 3.22. The zero-order valence-electron chi connectivity index (χ0n) is 16.8. The van der Waals surface area contributed by atoms with Crippen LogP contribution in [0, 0.1) is 0 Å². The predicted octanol–water partition coefficient (Wildman–Crippen LogP) is 3.86. The lowest BCUT2D eigenvalue weighted by Crippen LogP contribution is -2.30. The number of aryl methyl sites for hydroxylation is 2. The second kappa shape index (κ2) is 9.69. The van der Waals surface area contributed by atoms with Crippen molar-refractivity contribution in [1.29, 1.82) is 0 Å². The van der Waals surface area contributed by atoms with E-state index in [1.54, 1.807) is 32.2 Å². The van der Waals surface area contributed by atoms with Crippen LogP contribution in [0.4, 0.5) is 5.69 Å². The molecule has 1 aliphatic carbocycles. The standard InChI is InChI=1S/C22H25NO5S/c1-14(22(25)23-17-8-10-19(26-2)20(12-17)27-3)28-21(24)13-29-18-9-7-15-5-4-6-16(15)11-18/h7-12,14H,4-6,13H2,1-3H3,(H,23,25)/t14-/m0/s1. The number of esters is 1. The number of hydrogen-bond acceptors (Lipinski definition) is 6. The molecule has 29 heavy (non-hydrogen) atoms. The van der Waals surface area contributed by atoms with E-state index in [0.717, 1.165) is 17.7 Å². The molecule has 1 atom stereocenters. The van der Waals surface area contributed by atoms with Crippen LogP contribution in [-0.4, -0.2) is 38.0 Å². The normalized spacial score (nSPS) is 13.3. The first-order chi connectivity index (χ1) is 14.0. The number of nitrogens with one attached hydrogen (secondary N) is 1. The first-order valence-corrected chi connectivity index (χ1v) is 10.5. The average molecular weight is 416 g/mol. The Morgan fingerprint density at radius 2 is 1.79 bits per heavy atom. The summed E-state index contributed by atoms with van der Waals surface area (Å²) in [4.78, 5) is 25.5. The molecule has 0 bridgehead atoms. The van der Waals surface area contributed by atoms with Crippen molar-refractivity contribution in [2.45, 2.75) is 37.2 Å². The molecule has 0 saturated heterocycles. The van der Waals surface area contributed by atoms with E-state index in [0.29, 0.717) is 17.2 Å². The summed E-state index contributed by atoms with van der Waals surface area (Å²) in [5.41, 5.74) is 3.30. The van der Waals surface area contributed by atoms with Crippen molar-refractivity contribution in [2.24, 2.45) is 0 Å². The molecule has 0 aromatic heterocycles. The molecule has 0 saturated carbocycles. The number of anilines is 1. The maximum absolute atomic E-state index is 12.3. The average Bonchev–Trinajstić information content (AvgIpc) is 3.19. The Kier molecular flexibility index (Phi) is 7.04. The van der Waals surface area contributed by atoms with Gasteiger partial charge in [0.15, 0.2) is 17.6 Å². The van der Waals surface area contributed by atoms with Gasteiger partial charge in [0, 0.05) is 16.6 Å². The van der Waals surface area contributed by atoms with Crippen LogP contribution in [0.25, 0.3) is 0 Å². The van der Waals surface area contributed by atoms with Gasteiger partial charge < -0.3 is 19.5 Å². The van der Waals surface area contributed by atoms with Gasteiger partial charge in [-0.15, -0.1) is 11.8 Å². The molecule has 0 spiro atoms. The third-order valence-corrected chi connectivity index (χ3v) is 5.72. The number of thioether (sulfide) groups is 1. The molecule has 0 unspecified atom stereocenters. The Morgan fingerprint density at radius 1 is 1.03 bits per heavy atom. The highest BCUT2D eigenvalue weighted by Gasteiger charge is 2.19. The van der Waals surface area contributed by atoms with Crippen LogP contribution in [0.2, 0.25) is 0 Å². The van der Waals surface area contributed by atoms with E-state index in [-0.39, 0.29) is 5.75 Å². The molecule has 0 heterocycles. The molecule has 1 amide bonds. The lowest BCUT2D eigenvalue weighted by atomic mass is 10.1. The van der Waals surface area contributed by atoms with Gasteiger partial charge in [-0.25, -0.2) is 0 Å². The number of methoxy groups -OCH3 is 2. The van der Waals surface area contributed by atoms with E-state index < -0.39 is 18.0 Å². The maximum atomic E-state index is 12.3. The van der Waals surface area contributed by atoms with Gasteiger partial charge in [-0.2, -0.15) is 0 Å². The smallest absolute Gasteiger partial charge is 0.317 e. The molecule has 3 rings (SSSR count). The SMILES string of the molecule is COc1ccc(NC(=O)[C@H](C)OC(=O)CSc2ccc3c(c2)CCC3)cc1OC. The predicted molar refractivity (Wildman–Crippen MR) is 113 cm³/mol. The van der Waals surface area contributed by atoms with Crippen molar-refractivity contribution >= 4 is 29.3 Å². The van der Waals surface area contributed by atoms with Gasteiger partial charge in [-0.1, -0.05) is 6.07 Å². The first-order valence-electron chi connectivity index (χ1n) is 9.47. The van der Waals surface area contributed by atoms with Crippen LogP contribution in [0.15, 0.2) is 41.3 Å². The van der Waals surface area contributed by atoms with Gasteiger partial charge in [0.25, 0.3) is 5.91 Å². The van der Waals surface area contributed by atoms with E-state index >= 15 is 0 Å². The highest BCUT2D eigenvalue weighted by molar-refractivity contribution is 8.00. The zero-order chi connectivity index (χ0) is 20.8. The molecular formula is C22H25NO5S. The largest absolute Gasteiger partial charge is 0.493 e. The molecule has 2 aromatic carbocycles. The molecule has 2 aromatic rings. The molecule has 0 radical (unpaired) electrons. The molecule has 0 aliphatic heterocycles. The third kappa shape index (κ3) is 5.44. The maximum Gasteiger partial charge on any atom is 0.317 e. The summed E-state index contributed by atoms with van der Waals surface area (Å²) in [6.07, 6.45) is 2.52. The van der Waals surface area contributed by atoms with Crippen LogP contribution in [0.3, 0.4) is 0 Å². The van der Waals surface area contributed by atoms with Crippen LogP contribution >= 0.6 is 11.8 Å². The topological polar surface area (TPSA) is 73.9 Å². The van der Waals surface area contributed by atoms with Gasteiger partial charge in [-0.3, -0.25) is 9.59 Å². The highest BCUT2D eigenvalue weighted by atomic mass is 32.2. The van der Waals surface area contributed by atoms with Crippen molar-refractivity contribution in [2.75, 3.05) is 25.3 Å². The summed E-state index contributed by atoms with van der Waals surface area (Å²) >= 11 is 1.42. The minimum Gasteiger partial charge on any atom is -0.493 e. The summed E-state index contributed by atoms with van der Waals surface area (Å²) < 4.78 is 15.7.